The minimum atomic E-state index is -3.55. The maximum Gasteiger partial charge on any atom is 0.226 e. The highest BCUT2D eigenvalue weighted by Crippen LogP contribution is 2.21. The molecule has 0 saturated heterocycles. The van der Waals surface area contributed by atoms with Crippen LogP contribution >= 0.6 is 11.6 Å². The molecule has 7 heteroatoms. The van der Waals surface area contributed by atoms with Crippen LogP contribution in [0.1, 0.15) is 17.4 Å². The Kier molecular flexibility index (Phi) is 4.24. The van der Waals surface area contributed by atoms with E-state index in [1.807, 2.05) is 37.4 Å². The van der Waals surface area contributed by atoms with E-state index in [9.17, 15) is 8.42 Å². The molecule has 0 aliphatic rings. The van der Waals surface area contributed by atoms with E-state index in [0.717, 1.165) is 5.56 Å². The summed E-state index contributed by atoms with van der Waals surface area (Å²) in [6, 6.07) is 8.70. The molecule has 0 bridgehead atoms. The number of imidazole rings is 1. The molecule has 1 unspecified atom stereocenters. The fourth-order valence-electron chi connectivity index (χ4n) is 1.78. The standard InChI is InChI=1S/C12H14ClN3O2S/c1-16-8-7-14-12(16)11(15-19(17,18)9-13)10-5-3-2-4-6-10/h2-8,11,15H,9H2,1H3. The average Bonchev–Trinajstić information content (AvgIpc) is 2.83. The van der Waals surface area contributed by atoms with Gasteiger partial charge in [-0.3, -0.25) is 0 Å². The summed E-state index contributed by atoms with van der Waals surface area (Å²) < 4.78 is 27.8. The molecule has 102 valence electrons. The lowest BCUT2D eigenvalue weighted by molar-refractivity contribution is 0.567. The van der Waals surface area contributed by atoms with E-state index in [4.69, 9.17) is 11.6 Å². The number of halogens is 1. The Morgan fingerprint density at radius 2 is 2.05 bits per heavy atom. The van der Waals surface area contributed by atoms with Crippen LogP contribution in [0.2, 0.25) is 0 Å². The van der Waals surface area contributed by atoms with Crippen molar-refractivity contribution in [2.45, 2.75) is 6.04 Å². The fourth-order valence-corrected chi connectivity index (χ4v) is 2.63. The molecular formula is C12H14ClN3O2S. The summed E-state index contributed by atoms with van der Waals surface area (Å²) in [5.74, 6) is 0.611. The first kappa shape index (κ1) is 14.0. The van der Waals surface area contributed by atoms with Crippen molar-refractivity contribution in [3.63, 3.8) is 0 Å². The van der Waals surface area contributed by atoms with E-state index in [-0.39, 0.29) is 0 Å². The molecule has 0 saturated carbocycles. The lowest BCUT2D eigenvalue weighted by Crippen LogP contribution is -2.31. The normalized spacial score (nSPS) is 13.4. The third-order valence-corrected chi connectivity index (χ3v) is 4.43. The number of rotatable bonds is 5. The van der Waals surface area contributed by atoms with Gasteiger partial charge in [-0.05, 0) is 5.56 Å². The second-order valence-corrected chi connectivity index (χ2v) is 6.42. The van der Waals surface area contributed by atoms with Gasteiger partial charge in [0, 0.05) is 19.4 Å². The van der Waals surface area contributed by atoms with Crippen LogP contribution < -0.4 is 4.72 Å². The highest BCUT2D eigenvalue weighted by Gasteiger charge is 2.23. The second kappa shape index (κ2) is 5.73. The van der Waals surface area contributed by atoms with Crippen LogP contribution in [0.15, 0.2) is 42.7 Å². The number of hydrogen-bond acceptors (Lipinski definition) is 3. The van der Waals surface area contributed by atoms with Crippen molar-refractivity contribution in [2.75, 3.05) is 5.21 Å². The smallest absolute Gasteiger partial charge is 0.226 e. The topological polar surface area (TPSA) is 64.0 Å². The van der Waals surface area contributed by atoms with Gasteiger partial charge in [-0.25, -0.2) is 13.4 Å². The van der Waals surface area contributed by atoms with Crippen molar-refractivity contribution in [3.8, 4) is 0 Å². The van der Waals surface area contributed by atoms with E-state index >= 15 is 0 Å². The summed E-state index contributed by atoms with van der Waals surface area (Å²) >= 11 is 5.45. The Balaban J connectivity index is 2.43. The van der Waals surface area contributed by atoms with Crippen LogP contribution in [0.25, 0.3) is 0 Å². The summed E-state index contributed by atoms with van der Waals surface area (Å²) in [6.07, 6.45) is 3.39. The Bertz CT molecular complexity index is 640. The van der Waals surface area contributed by atoms with Crippen molar-refractivity contribution in [1.82, 2.24) is 14.3 Å². The lowest BCUT2D eigenvalue weighted by Gasteiger charge is -2.18. The third kappa shape index (κ3) is 3.34. The van der Waals surface area contributed by atoms with Gasteiger partial charge in [0.05, 0.1) is 0 Å². The molecule has 1 heterocycles. The molecule has 5 nitrogen and oxygen atoms in total. The number of aromatic nitrogens is 2. The van der Waals surface area contributed by atoms with Gasteiger partial charge >= 0.3 is 0 Å². The summed E-state index contributed by atoms with van der Waals surface area (Å²) in [5, 5.41) is -0.485. The molecule has 19 heavy (non-hydrogen) atoms. The van der Waals surface area contributed by atoms with Gasteiger partial charge < -0.3 is 4.57 Å². The third-order valence-electron chi connectivity index (χ3n) is 2.69. The molecule has 0 spiro atoms. The highest BCUT2D eigenvalue weighted by molar-refractivity contribution is 7.90. The number of nitrogens with one attached hydrogen (secondary N) is 1. The van der Waals surface area contributed by atoms with Crippen LogP contribution in [0.4, 0.5) is 0 Å². The highest BCUT2D eigenvalue weighted by atomic mass is 35.5. The largest absolute Gasteiger partial charge is 0.336 e. The Hall–Kier alpha value is -1.37. The van der Waals surface area contributed by atoms with Crippen LogP contribution in [0, 0.1) is 0 Å². The van der Waals surface area contributed by atoms with Crippen LogP contribution in [0.5, 0.6) is 0 Å². The molecule has 0 amide bonds. The second-order valence-electron chi connectivity index (χ2n) is 4.08. The predicted octanol–water partition coefficient (Wildman–Crippen LogP) is 1.63. The zero-order valence-corrected chi connectivity index (χ0v) is 11.9. The number of alkyl halides is 1. The van der Waals surface area contributed by atoms with Gasteiger partial charge in [-0.1, -0.05) is 30.3 Å². The molecule has 1 N–H and O–H groups in total. The number of sulfonamides is 1. The van der Waals surface area contributed by atoms with E-state index in [1.165, 1.54) is 0 Å². The summed E-state index contributed by atoms with van der Waals surface area (Å²) in [5.41, 5.74) is 0.811. The van der Waals surface area contributed by atoms with Crippen molar-refractivity contribution >= 4 is 21.6 Å². The maximum absolute atomic E-state index is 11.7. The fraction of sp³-hybridized carbons (Fsp3) is 0.250. The number of hydrogen-bond donors (Lipinski definition) is 1. The van der Waals surface area contributed by atoms with Gasteiger partial charge in [-0.15, -0.1) is 11.6 Å². The van der Waals surface area contributed by atoms with Gasteiger partial charge in [0.25, 0.3) is 0 Å². The minimum absolute atomic E-state index is 0.485. The van der Waals surface area contributed by atoms with Crippen LogP contribution in [-0.2, 0) is 17.1 Å². The monoisotopic (exact) mass is 299 g/mol. The molecule has 2 aromatic rings. The van der Waals surface area contributed by atoms with Crippen LogP contribution in [-0.4, -0.2) is 23.2 Å². The quantitative estimate of drug-likeness (QED) is 0.854. The molecule has 2 rings (SSSR count). The van der Waals surface area contributed by atoms with E-state index in [2.05, 4.69) is 9.71 Å². The van der Waals surface area contributed by atoms with Crippen LogP contribution in [0.3, 0.4) is 0 Å². The first-order valence-corrected chi connectivity index (χ1v) is 7.80. The first-order valence-electron chi connectivity index (χ1n) is 5.61. The van der Waals surface area contributed by atoms with Crippen molar-refractivity contribution in [3.05, 3.63) is 54.1 Å². The van der Waals surface area contributed by atoms with E-state index in [1.54, 1.807) is 17.0 Å². The minimum Gasteiger partial charge on any atom is -0.336 e. The summed E-state index contributed by atoms with van der Waals surface area (Å²) in [7, 11) is -1.73. The summed E-state index contributed by atoms with van der Waals surface area (Å²) in [4.78, 5) is 4.20. The molecule has 0 aliphatic carbocycles. The zero-order valence-electron chi connectivity index (χ0n) is 10.3. The van der Waals surface area contributed by atoms with Gasteiger partial charge in [0.1, 0.15) is 17.1 Å². The molecule has 1 atom stereocenters. The molecule has 1 aromatic carbocycles. The Labute approximate surface area is 117 Å². The molecule has 0 fully saturated rings. The molecule has 1 aromatic heterocycles. The number of benzene rings is 1. The van der Waals surface area contributed by atoms with Crippen molar-refractivity contribution in [1.29, 1.82) is 0 Å². The SMILES string of the molecule is Cn1ccnc1C(NS(=O)(=O)CCl)c1ccccc1. The van der Waals surface area contributed by atoms with E-state index in [0.29, 0.717) is 5.82 Å². The molecular weight excluding hydrogens is 286 g/mol. The van der Waals surface area contributed by atoms with Gasteiger partial charge in [0.15, 0.2) is 0 Å². The molecule has 0 aliphatic heterocycles. The van der Waals surface area contributed by atoms with Gasteiger partial charge in [0.2, 0.25) is 10.0 Å². The van der Waals surface area contributed by atoms with Gasteiger partial charge in [-0.2, -0.15) is 4.72 Å². The molecule has 0 radical (unpaired) electrons. The lowest BCUT2D eigenvalue weighted by atomic mass is 10.1. The average molecular weight is 300 g/mol. The zero-order chi connectivity index (χ0) is 13.9. The number of aryl methyl sites for hydroxylation is 1. The van der Waals surface area contributed by atoms with Crippen molar-refractivity contribution < 1.29 is 8.42 Å². The Morgan fingerprint density at radius 3 is 2.58 bits per heavy atom. The predicted molar refractivity (Wildman–Crippen MR) is 74.3 cm³/mol. The van der Waals surface area contributed by atoms with E-state index < -0.39 is 21.3 Å². The maximum atomic E-state index is 11.7. The first-order chi connectivity index (χ1) is 9.03. The van der Waals surface area contributed by atoms with Crippen molar-refractivity contribution in [2.24, 2.45) is 7.05 Å². The summed E-state index contributed by atoms with van der Waals surface area (Å²) in [6.45, 7) is 0. The Morgan fingerprint density at radius 1 is 1.37 bits per heavy atom. The number of nitrogens with zero attached hydrogens (tertiary/aromatic N) is 2.